The van der Waals surface area contributed by atoms with Gasteiger partial charge in [-0.3, -0.25) is 14.6 Å². The first kappa shape index (κ1) is 22.4. The lowest BCUT2D eigenvalue weighted by Crippen LogP contribution is -2.53. The number of amides is 1. The first-order valence-electron chi connectivity index (χ1n) is 12.6. The van der Waals surface area contributed by atoms with Crippen LogP contribution in [0.5, 0.6) is 5.75 Å². The second-order valence-electron chi connectivity index (χ2n) is 9.98. The summed E-state index contributed by atoms with van der Waals surface area (Å²) in [6, 6.07) is 13.9. The van der Waals surface area contributed by atoms with Crippen molar-refractivity contribution in [2.45, 2.75) is 51.6 Å². The average molecular weight is 448 g/mol. The summed E-state index contributed by atoms with van der Waals surface area (Å²) in [5.74, 6) is 1.23. The van der Waals surface area contributed by atoms with Crippen LogP contribution in [0.4, 0.5) is 0 Å². The number of methoxy groups -OCH3 is 1. The molecule has 0 radical (unpaired) electrons. The number of carbonyl (C=O) groups is 1. The molecule has 0 bridgehead atoms. The third kappa shape index (κ3) is 4.95. The zero-order chi connectivity index (χ0) is 22.8. The number of rotatable bonds is 5. The SMILES string of the molecule is COc1ccc(-c2ccc3c(c2)CCN(CC(=O)N2CCN(C4CCCC4)CC2)C3)cc1C. The monoisotopic (exact) mass is 447 g/mol. The zero-order valence-corrected chi connectivity index (χ0v) is 20.2. The number of piperazine rings is 1. The van der Waals surface area contributed by atoms with Gasteiger partial charge in [-0.2, -0.15) is 0 Å². The van der Waals surface area contributed by atoms with Gasteiger partial charge in [0, 0.05) is 45.3 Å². The second-order valence-corrected chi connectivity index (χ2v) is 9.98. The van der Waals surface area contributed by atoms with Gasteiger partial charge in [0.25, 0.3) is 0 Å². The summed E-state index contributed by atoms with van der Waals surface area (Å²) in [6.45, 7) is 8.33. The first-order valence-corrected chi connectivity index (χ1v) is 12.6. The molecule has 1 amide bonds. The number of benzene rings is 2. The Labute approximate surface area is 198 Å². The molecule has 2 aliphatic heterocycles. The van der Waals surface area contributed by atoms with Crippen LogP contribution in [-0.2, 0) is 17.8 Å². The van der Waals surface area contributed by atoms with Crippen molar-refractivity contribution in [1.82, 2.24) is 14.7 Å². The summed E-state index contributed by atoms with van der Waals surface area (Å²) in [5, 5.41) is 0. The zero-order valence-electron chi connectivity index (χ0n) is 20.2. The molecule has 1 aliphatic carbocycles. The van der Waals surface area contributed by atoms with E-state index in [4.69, 9.17) is 4.74 Å². The normalized spacial score (nSPS) is 20.1. The number of ether oxygens (including phenoxy) is 1. The van der Waals surface area contributed by atoms with Gasteiger partial charge in [0.05, 0.1) is 13.7 Å². The van der Waals surface area contributed by atoms with Crippen molar-refractivity contribution in [2.24, 2.45) is 0 Å². The summed E-state index contributed by atoms with van der Waals surface area (Å²) in [5.41, 5.74) is 6.40. The molecule has 2 aromatic carbocycles. The Balaban J connectivity index is 1.17. The summed E-state index contributed by atoms with van der Waals surface area (Å²) >= 11 is 0. The Kier molecular flexibility index (Phi) is 6.70. The molecule has 2 aromatic rings. The standard InChI is InChI=1S/C28H37N3O2/c1-21-17-22(9-10-27(21)33-2)23-7-8-25-19-29(12-11-24(25)18-23)20-28(32)31-15-13-30(14-16-31)26-5-3-4-6-26/h7-10,17-18,26H,3-6,11-16,19-20H2,1-2H3. The minimum absolute atomic E-state index is 0.301. The lowest BCUT2D eigenvalue weighted by atomic mass is 9.94. The highest BCUT2D eigenvalue weighted by molar-refractivity contribution is 5.78. The molecule has 5 heteroatoms. The van der Waals surface area contributed by atoms with Gasteiger partial charge in [-0.25, -0.2) is 0 Å². The minimum Gasteiger partial charge on any atom is -0.496 e. The smallest absolute Gasteiger partial charge is 0.236 e. The van der Waals surface area contributed by atoms with Crippen LogP contribution in [0.1, 0.15) is 42.4 Å². The number of carbonyl (C=O) groups excluding carboxylic acids is 1. The maximum absolute atomic E-state index is 13.0. The Morgan fingerprint density at radius 1 is 0.939 bits per heavy atom. The Hall–Kier alpha value is -2.37. The summed E-state index contributed by atoms with van der Waals surface area (Å²) in [7, 11) is 1.72. The molecule has 3 aliphatic rings. The second kappa shape index (κ2) is 9.86. The van der Waals surface area contributed by atoms with E-state index in [1.54, 1.807) is 7.11 Å². The molecule has 0 atom stereocenters. The van der Waals surface area contributed by atoms with E-state index in [2.05, 4.69) is 52.0 Å². The van der Waals surface area contributed by atoms with E-state index >= 15 is 0 Å². The van der Waals surface area contributed by atoms with Crippen molar-refractivity contribution in [3.05, 3.63) is 53.1 Å². The quantitative estimate of drug-likeness (QED) is 0.691. The van der Waals surface area contributed by atoms with Crippen molar-refractivity contribution >= 4 is 5.91 Å². The van der Waals surface area contributed by atoms with E-state index in [0.717, 1.165) is 63.0 Å². The van der Waals surface area contributed by atoms with E-state index in [1.165, 1.54) is 47.9 Å². The number of fused-ring (bicyclic) bond motifs is 1. The largest absolute Gasteiger partial charge is 0.496 e. The number of aryl methyl sites for hydroxylation is 1. The molecule has 5 rings (SSSR count). The molecule has 0 spiro atoms. The van der Waals surface area contributed by atoms with Gasteiger partial charge in [-0.15, -0.1) is 0 Å². The van der Waals surface area contributed by atoms with Crippen molar-refractivity contribution in [2.75, 3.05) is 46.4 Å². The molecule has 33 heavy (non-hydrogen) atoms. The fourth-order valence-electron chi connectivity index (χ4n) is 5.88. The summed E-state index contributed by atoms with van der Waals surface area (Å²) in [6.07, 6.45) is 6.45. The van der Waals surface area contributed by atoms with Gasteiger partial charge < -0.3 is 9.64 Å². The van der Waals surface area contributed by atoms with Crippen molar-refractivity contribution < 1.29 is 9.53 Å². The third-order valence-electron chi connectivity index (χ3n) is 7.89. The van der Waals surface area contributed by atoms with Crippen molar-refractivity contribution in [3.8, 4) is 16.9 Å². The van der Waals surface area contributed by atoms with Crippen LogP contribution < -0.4 is 4.74 Å². The molecule has 2 heterocycles. The molecule has 0 unspecified atom stereocenters. The van der Waals surface area contributed by atoms with Gasteiger partial charge in [0.2, 0.25) is 5.91 Å². The van der Waals surface area contributed by atoms with Gasteiger partial charge >= 0.3 is 0 Å². The predicted octanol–water partition coefficient (Wildman–Crippen LogP) is 4.12. The summed E-state index contributed by atoms with van der Waals surface area (Å²) in [4.78, 5) is 20.0. The maximum Gasteiger partial charge on any atom is 0.236 e. The number of nitrogens with zero attached hydrogens (tertiary/aromatic N) is 3. The fourth-order valence-corrected chi connectivity index (χ4v) is 5.88. The molecule has 1 saturated heterocycles. The molecular formula is C28H37N3O2. The first-order chi connectivity index (χ1) is 16.1. The molecule has 176 valence electrons. The Bertz CT molecular complexity index is 991. The number of hydrogen-bond donors (Lipinski definition) is 0. The van der Waals surface area contributed by atoms with Gasteiger partial charge in [-0.1, -0.05) is 37.1 Å². The molecule has 0 N–H and O–H groups in total. The van der Waals surface area contributed by atoms with Gasteiger partial charge in [-0.05, 0) is 66.1 Å². The lowest BCUT2D eigenvalue weighted by molar-refractivity contribution is -0.134. The van der Waals surface area contributed by atoms with E-state index in [-0.39, 0.29) is 0 Å². The lowest BCUT2D eigenvalue weighted by Gasteiger charge is -2.39. The van der Waals surface area contributed by atoms with E-state index in [1.807, 2.05) is 6.07 Å². The van der Waals surface area contributed by atoms with Crippen LogP contribution in [0.2, 0.25) is 0 Å². The van der Waals surface area contributed by atoms with E-state index in [9.17, 15) is 4.79 Å². The minimum atomic E-state index is 0.301. The third-order valence-corrected chi connectivity index (χ3v) is 7.89. The van der Waals surface area contributed by atoms with Crippen LogP contribution in [0.25, 0.3) is 11.1 Å². The van der Waals surface area contributed by atoms with Crippen LogP contribution in [0.3, 0.4) is 0 Å². The molecule has 2 fully saturated rings. The van der Waals surface area contributed by atoms with Gasteiger partial charge in [0.1, 0.15) is 5.75 Å². The molecule has 1 saturated carbocycles. The molecule has 0 aromatic heterocycles. The predicted molar refractivity (Wildman–Crippen MR) is 133 cm³/mol. The van der Waals surface area contributed by atoms with Crippen LogP contribution in [0.15, 0.2) is 36.4 Å². The van der Waals surface area contributed by atoms with Crippen LogP contribution in [-0.4, -0.2) is 73.0 Å². The number of hydrogen-bond acceptors (Lipinski definition) is 4. The van der Waals surface area contributed by atoms with Crippen LogP contribution >= 0.6 is 0 Å². The topological polar surface area (TPSA) is 36.0 Å². The average Bonchev–Trinajstić information content (AvgIpc) is 3.39. The highest BCUT2D eigenvalue weighted by atomic mass is 16.5. The summed E-state index contributed by atoms with van der Waals surface area (Å²) < 4.78 is 5.40. The fraction of sp³-hybridized carbons (Fsp3) is 0.536. The van der Waals surface area contributed by atoms with Crippen molar-refractivity contribution in [3.63, 3.8) is 0 Å². The van der Waals surface area contributed by atoms with E-state index in [0.29, 0.717) is 12.5 Å². The highest BCUT2D eigenvalue weighted by Gasteiger charge is 2.29. The maximum atomic E-state index is 13.0. The Morgan fingerprint density at radius 3 is 2.39 bits per heavy atom. The van der Waals surface area contributed by atoms with E-state index < -0.39 is 0 Å². The molecule has 5 nitrogen and oxygen atoms in total. The van der Waals surface area contributed by atoms with Gasteiger partial charge in [0.15, 0.2) is 0 Å². The molecular weight excluding hydrogens is 410 g/mol. The highest BCUT2D eigenvalue weighted by Crippen LogP contribution is 2.30. The Morgan fingerprint density at radius 2 is 1.67 bits per heavy atom. The van der Waals surface area contributed by atoms with Crippen molar-refractivity contribution in [1.29, 1.82) is 0 Å². The van der Waals surface area contributed by atoms with Crippen LogP contribution in [0, 0.1) is 6.92 Å².